The van der Waals surface area contributed by atoms with Gasteiger partial charge in [-0.1, -0.05) is 29.8 Å². The van der Waals surface area contributed by atoms with Crippen molar-refractivity contribution in [3.63, 3.8) is 0 Å². The molecule has 0 saturated carbocycles. The van der Waals surface area contributed by atoms with Crippen LogP contribution in [0.1, 0.15) is 18.9 Å². The van der Waals surface area contributed by atoms with Crippen molar-refractivity contribution < 1.29 is 9.53 Å². The van der Waals surface area contributed by atoms with Crippen LogP contribution in [-0.4, -0.2) is 38.3 Å². The number of nitrogens with one attached hydrogen (secondary N) is 1. The third-order valence-corrected chi connectivity index (χ3v) is 5.66. The number of hydrogen-bond donors (Lipinski definition) is 1. The van der Waals surface area contributed by atoms with E-state index in [1.807, 2.05) is 41.3 Å². The number of nitrogens with zero attached hydrogens (tertiary/aromatic N) is 2. The Bertz CT molecular complexity index is 857. The van der Waals surface area contributed by atoms with E-state index in [0.717, 1.165) is 43.1 Å². The molecule has 27 heavy (non-hydrogen) atoms. The van der Waals surface area contributed by atoms with E-state index < -0.39 is 0 Å². The average Bonchev–Trinajstić information content (AvgIpc) is 3.24. The molecule has 2 aromatic carbocycles. The molecule has 2 unspecified atom stereocenters. The molecule has 5 nitrogen and oxygen atoms in total. The summed E-state index contributed by atoms with van der Waals surface area (Å²) in [6.45, 7) is 3.69. The van der Waals surface area contributed by atoms with E-state index >= 15 is 0 Å². The molecule has 2 atom stereocenters. The van der Waals surface area contributed by atoms with Gasteiger partial charge in [-0.3, -0.25) is 4.90 Å². The summed E-state index contributed by atoms with van der Waals surface area (Å²) < 4.78 is 5.47. The summed E-state index contributed by atoms with van der Waals surface area (Å²) >= 11 is 6.16. The molecule has 0 spiro atoms. The van der Waals surface area contributed by atoms with Crippen LogP contribution in [0.4, 0.5) is 16.2 Å². The molecule has 2 aliphatic heterocycles. The van der Waals surface area contributed by atoms with Gasteiger partial charge in [-0.2, -0.15) is 0 Å². The quantitative estimate of drug-likeness (QED) is 0.865. The van der Waals surface area contributed by atoms with Gasteiger partial charge < -0.3 is 15.0 Å². The number of halogens is 1. The summed E-state index contributed by atoms with van der Waals surface area (Å²) in [5, 5.41) is 3.90. The fourth-order valence-corrected chi connectivity index (χ4v) is 4.29. The minimum atomic E-state index is -0.0163. The van der Waals surface area contributed by atoms with Crippen LogP contribution in [-0.2, 0) is 6.42 Å². The van der Waals surface area contributed by atoms with Crippen LogP contribution >= 0.6 is 11.6 Å². The van der Waals surface area contributed by atoms with Crippen LogP contribution in [0.3, 0.4) is 0 Å². The van der Waals surface area contributed by atoms with Gasteiger partial charge in [-0.05, 0) is 49.6 Å². The number of carbonyl (C=O) groups is 1. The number of para-hydroxylation sites is 1. The first-order valence-electron chi connectivity index (χ1n) is 9.33. The first kappa shape index (κ1) is 18.0. The molecule has 2 amide bonds. The minimum absolute atomic E-state index is 0.0163. The number of anilines is 2. The zero-order valence-electron chi connectivity index (χ0n) is 15.6. The number of fused-ring (bicyclic) bond motifs is 1. The van der Waals surface area contributed by atoms with E-state index in [1.165, 1.54) is 5.56 Å². The van der Waals surface area contributed by atoms with Gasteiger partial charge in [0.1, 0.15) is 5.75 Å². The Morgan fingerprint density at radius 1 is 1.22 bits per heavy atom. The zero-order valence-corrected chi connectivity index (χ0v) is 16.4. The highest BCUT2D eigenvalue weighted by molar-refractivity contribution is 6.30. The number of ether oxygens (including phenoxy) is 1. The Hall–Kier alpha value is -2.40. The third kappa shape index (κ3) is 3.44. The van der Waals surface area contributed by atoms with E-state index in [4.69, 9.17) is 16.3 Å². The molecule has 142 valence electrons. The lowest BCUT2D eigenvalue weighted by atomic mass is 10.1. The van der Waals surface area contributed by atoms with Gasteiger partial charge in [-0.25, -0.2) is 4.79 Å². The molecule has 1 saturated heterocycles. The van der Waals surface area contributed by atoms with Crippen LogP contribution in [0.5, 0.6) is 5.75 Å². The lowest BCUT2D eigenvalue weighted by molar-refractivity contribution is 0.242. The monoisotopic (exact) mass is 385 g/mol. The summed E-state index contributed by atoms with van der Waals surface area (Å²) in [6, 6.07) is 14.0. The Kier molecular flexibility index (Phi) is 4.87. The molecule has 0 radical (unpaired) electrons. The molecular formula is C21H24ClN3O2. The minimum Gasteiger partial charge on any atom is -0.495 e. The largest absolute Gasteiger partial charge is 0.495 e. The van der Waals surface area contributed by atoms with Crippen molar-refractivity contribution in [2.75, 3.05) is 30.0 Å². The van der Waals surface area contributed by atoms with Crippen molar-refractivity contribution in [3.05, 3.63) is 53.1 Å². The van der Waals surface area contributed by atoms with E-state index in [0.29, 0.717) is 5.02 Å². The topological polar surface area (TPSA) is 44.8 Å². The number of methoxy groups -OCH3 is 1. The first-order valence-corrected chi connectivity index (χ1v) is 9.70. The maximum atomic E-state index is 12.9. The molecule has 2 aliphatic rings. The van der Waals surface area contributed by atoms with Gasteiger partial charge in [0.2, 0.25) is 0 Å². The molecule has 4 rings (SSSR count). The highest BCUT2D eigenvalue weighted by Gasteiger charge is 2.33. The Labute approximate surface area is 164 Å². The second-order valence-corrected chi connectivity index (χ2v) is 7.69. The maximum Gasteiger partial charge on any atom is 0.322 e. The van der Waals surface area contributed by atoms with Gasteiger partial charge in [0.25, 0.3) is 0 Å². The van der Waals surface area contributed by atoms with Crippen molar-refractivity contribution in [2.24, 2.45) is 0 Å². The Balaban J connectivity index is 1.45. The van der Waals surface area contributed by atoms with E-state index in [-0.39, 0.29) is 18.1 Å². The standard InChI is InChI=1S/C21H24ClN3O2/c1-14-11-15-5-3-4-6-18(15)25(14)21(26)23-17-9-10-24(13-17)19-12-16(22)7-8-20(19)27-2/h3-8,12,14,17H,9-11,13H2,1-2H3,(H,23,26). The molecule has 0 aliphatic carbocycles. The summed E-state index contributed by atoms with van der Waals surface area (Å²) in [5.74, 6) is 0.800. The van der Waals surface area contributed by atoms with Crippen molar-refractivity contribution in [2.45, 2.75) is 31.8 Å². The highest BCUT2D eigenvalue weighted by Crippen LogP contribution is 2.34. The molecule has 0 bridgehead atoms. The normalized spacial score (nSPS) is 21.3. The second kappa shape index (κ2) is 7.31. The first-order chi connectivity index (χ1) is 13.1. The summed E-state index contributed by atoms with van der Waals surface area (Å²) in [4.78, 5) is 17.1. The molecular weight excluding hydrogens is 362 g/mol. The van der Waals surface area contributed by atoms with Crippen LogP contribution in [0.15, 0.2) is 42.5 Å². The molecule has 1 N–H and O–H groups in total. The van der Waals surface area contributed by atoms with Gasteiger partial charge in [0.05, 0.1) is 12.8 Å². The highest BCUT2D eigenvalue weighted by atomic mass is 35.5. The smallest absolute Gasteiger partial charge is 0.322 e. The summed E-state index contributed by atoms with van der Waals surface area (Å²) in [5.41, 5.74) is 3.23. The predicted molar refractivity (Wildman–Crippen MR) is 109 cm³/mol. The van der Waals surface area contributed by atoms with Gasteiger partial charge in [-0.15, -0.1) is 0 Å². The lowest BCUT2D eigenvalue weighted by Gasteiger charge is -2.26. The molecule has 0 aromatic heterocycles. The molecule has 1 fully saturated rings. The SMILES string of the molecule is COc1ccc(Cl)cc1N1CCC(NC(=O)N2c3ccccc3CC2C)C1. The third-order valence-electron chi connectivity index (χ3n) is 5.42. The number of benzene rings is 2. The van der Waals surface area contributed by atoms with E-state index in [9.17, 15) is 4.79 Å². The fraction of sp³-hybridized carbons (Fsp3) is 0.381. The zero-order chi connectivity index (χ0) is 19.0. The second-order valence-electron chi connectivity index (χ2n) is 7.25. The maximum absolute atomic E-state index is 12.9. The van der Waals surface area contributed by atoms with Gasteiger partial charge in [0.15, 0.2) is 0 Å². The molecule has 2 aromatic rings. The van der Waals surface area contributed by atoms with Crippen LogP contribution in [0.2, 0.25) is 5.02 Å². The number of urea groups is 1. The van der Waals surface area contributed by atoms with Crippen LogP contribution < -0.4 is 19.9 Å². The van der Waals surface area contributed by atoms with E-state index in [1.54, 1.807) is 7.11 Å². The number of rotatable bonds is 3. The average molecular weight is 386 g/mol. The fourth-order valence-electron chi connectivity index (χ4n) is 4.13. The van der Waals surface area contributed by atoms with Gasteiger partial charge >= 0.3 is 6.03 Å². The molecule has 2 heterocycles. The van der Waals surface area contributed by atoms with Crippen LogP contribution in [0.25, 0.3) is 0 Å². The van der Waals surface area contributed by atoms with Gasteiger partial charge in [0, 0.05) is 35.9 Å². The Morgan fingerprint density at radius 3 is 2.85 bits per heavy atom. The predicted octanol–water partition coefficient (Wildman–Crippen LogP) is 4.09. The number of amides is 2. The Morgan fingerprint density at radius 2 is 2.04 bits per heavy atom. The summed E-state index contributed by atoms with van der Waals surface area (Å²) in [7, 11) is 1.66. The number of hydrogen-bond acceptors (Lipinski definition) is 3. The number of carbonyl (C=O) groups excluding carboxylic acids is 1. The lowest BCUT2D eigenvalue weighted by Crippen LogP contribution is -2.48. The van der Waals surface area contributed by atoms with Crippen molar-refractivity contribution >= 4 is 29.0 Å². The van der Waals surface area contributed by atoms with Crippen LogP contribution in [0, 0.1) is 0 Å². The van der Waals surface area contributed by atoms with Crippen molar-refractivity contribution in [3.8, 4) is 5.75 Å². The van der Waals surface area contributed by atoms with E-state index in [2.05, 4.69) is 23.2 Å². The van der Waals surface area contributed by atoms with Crippen molar-refractivity contribution in [1.82, 2.24) is 5.32 Å². The molecule has 6 heteroatoms. The summed E-state index contributed by atoms with van der Waals surface area (Å²) in [6.07, 6.45) is 1.80. The van der Waals surface area contributed by atoms with Crippen molar-refractivity contribution in [1.29, 1.82) is 0 Å².